The van der Waals surface area contributed by atoms with Gasteiger partial charge in [0.25, 0.3) is 0 Å². The average molecular weight is 624 g/mol. The monoisotopic (exact) mass is 623 g/mol. The fourth-order valence-electron chi connectivity index (χ4n) is 4.41. The van der Waals surface area contributed by atoms with Crippen LogP contribution in [0.4, 0.5) is 0 Å². The summed E-state index contributed by atoms with van der Waals surface area (Å²) in [6, 6.07) is -2.79. The highest BCUT2D eigenvalue weighted by Gasteiger charge is 2.35. The van der Waals surface area contributed by atoms with Crippen molar-refractivity contribution in [2.45, 2.75) is 82.9 Å². The zero-order chi connectivity index (χ0) is 32.8. The molecule has 1 fully saturated rings. The zero-order valence-electron chi connectivity index (χ0n) is 25.1. The Balaban J connectivity index is 1.98. The molecule has 8 N–H and O–H groups in total. The Morgan fingerprint density at radius 1 is 1.16 bits per heavy atom. The number of aliphatic hydroxyl groups is 3. The van der Waals surface area contributed by atoms with Crippen LogP contribution in [0.25, 0.3) is 0 Å². The van der Waals surface area contributed by atoms with Crippen LogP contribution in [-0.4, -0.2) is 122 Å². The van der Waals surface area contributed by atoms with E-state index in [9.17, 15) is 34.2 Å². The summed E-state index contributed by atoms with van der Waals surface area (Å²) in [5.74, 6) is -2.60. The summed E-state index contributed by atoms with van der Waals surface area (Å²) in [5, 5.41) is 41.6. The Hall–Kier alpha value is -4.22. The Labute approximate surface area is 255 Å². The highest BCUT2D eigenvalue weighted by atomic mass is 16.6. The smallest absolute Gasteiger partial charge is 0.243 e. The molecule has 0 bridgehead atoms. The largest absolute Gasteiger partial charge is 0.384 e. The number of nitrogens with one attached hydrogen (secondary N) is 5. The van der Waals surface area contributed by atoms with E-state index in [1.165, 1.54) is 24.3 Å². The molecular formula is C27H43N8O9+. The van der Waals surface area contributed by atoms with Crippen molar-refractivity contribution < 1.29 is 44.1 Å². The number of hydrogen-bond donors (Lipinski definition) is 8. The summed E-state index contributed by atoms with van der Waals surface area (Å²) in [7, 11) is 0. The SMILES string of the molecule is [CH2+]C(O)C(O)C(O)/C=N\OCNC(=O)CNC(=O)C(Cc1cnc[nH]1)NC(=O)C(CC(C)C)NC(=O)C1CCCN1C(C)=O. The number of rotatable bonds is 17. The lowest BCUT2D eigenvalue weighted by atomic mass is 10.0. The van der Waals surface area contributed by atoms with E-state index in [0.29, 0.717) is 25.1 Å². The average Bonchev–Trinajstić information content (AvgIpc) is 3.67. The second kappa shape index (κ2) is 17.8. The first-order valence-corrected chi connectivity index (χ1v) is 14.2. The number of aromatic amines is 1. The van der Waals surface area contributed by atoms with Gasteiger partial charge >= 0.3 is 0 Å². The Kier molecular flexibility index (Phi) is 14.5. The second-order valence-corrected chi connectivity index (χ2v) is 10.8. The van der Waals surface area contributed by atoms with Gasteiger partial charge in [-0.2, -0.15) is 0 Å². The topological polar surface area (TPSA) is 248 Å². The summed E-state index contributed by atoms with van der Waals surface area (Å²) in [6.45, 7) is 7.85. The second-order valence-electron chi connectivity index (χ2n) is 10.8. The number of hydrogen-bond acceptors (Lipinski definition) is 11. The van der Waals surface area contributed by atoms with Crippen LogP contribution in [0.1, 0.15) is 45.7 Å². The van der Waals surface area contributed by atoms with Crippen molar-refractivity contribution in [3.05, 3.63) is 25.1 Å². The van der Waals surface area contributed by atoms with E-state index in [1.54, 1.807) is 0 Å². The van der Waals surface area contributed by atoms with E-state index in [-0.39, 0.29) is 24.7 Å². The van der Waals surface area contributed by atoms with Gasteiger partial charge < -0.3 is 51.3 Å². The standard InChI is InChI=1S/C27H42N8O9/c1-15(2)8-19(34-27(43)21-6-5-7-35(21)17(4)37)26(42)33-20(9-18-10-28-13-30-18)25(41)29-12-23(39)31-14-44-32-11-22(38)24(40)16(3)36/h10-11,13,15-16,19-22,24,36,38,40H,3,5-9,12,14H2,1-2,4H3,(H4-,28,29,30,31,33,34,39,41,42,43)/p+1/b32-11-. The van der Waals surface area contributed by atoms with Gasteiger partial charge in [0.2, 0.25) is 35.6 Å². The van der Waals surface area contributed by atoms with Crippen molar-refractivity contribution in [2.24, 2.45) is 11.1 Å². The Morgan fingerprint density at radius 2 is 1.89 bits per heavy atom. The molecule has 6 atom stereocenters. The molecule has 6 unspecified atom stereocenters. The quantitative estimate of drug-likeness (QED) is 0.0289. The van der Waals surface area contributed by atoms with Gasteiger partial charge in [0.15, 0.2) is 12.8 Å². The summed E-state index contributed by atoms with van der Waals surface area (Å²) < 4.78 is 0. The molecule has 44 heavy (non-hydrogen) atoms. The summed E-state index contributed by atoms with van der Waals surface area (Å²) in [4.78, 5) is 76.6. The predicted octanol–water partition coefficient (Wildman–Crippen LogP) is -2.91. The van der Waals surface area contributed by atoms with E-state index in [0.717, 1.165) is 6.21 Å². The predicted molar refractivity (Wildman–Crippen MR) is 155 cm³/mol. The van der Waals surface area contributed by atoms with Crippen LogP contribution in [-0.2, 0) is 35.2 Å². The number of carbonyl (C=O) groups excluding carboxylic acids is 5. The van der Waals surface area contributed by atoms with Crippen LogP contribution in [0.15, 0.2) is 17.7 Å². The molecule has 1 saturated heterocycles. The lowest BCUT2D eigenvalue weighted by Gasteiger charge is -2.27. The van der Waals surface area contributed by atoms with Crippen molar-refractivity contribution in [1.82, 2.24) is 36.1 Å². The highest BCUT2D eigenvalue weighted by molar-refractivity contribution is 5.95. The number of likely N-dealkylation sites (tertiary alicyclic amines) is 1. The third-order valence-electron chi connectivity index (χ3n) is 6.70. The number of oxime groups is 1. The molecule has 2 heterocycles. The van der Waals surface area contributed by atoms with Crippen LogP contribution in [0.5, 0.6) is 0 Å². The van der Waals surface area contributed by atoms with Gasteiger partial charge in [-0.1, -0.05) is 19.0 Å². The molecule has 1 aliphatic rings. The van der Waals surface area contributed by atoms with Crippen LogP contribution in [0, 0.1) is 12.8 Å². The van der Waals surface area contributed by atoms with E-state index in [1.807, 2.05) is 13.8 Å². The lowest BCUT2D eigenvalue weighted by molar-refractivity contribution is -0.138. The normalized spacial score (nSPS) is 18.2. The first-order chi connectivity index (χ1) is 20.8. The number of aliphatic hydroxyl groups excluding tert-OH is 3. The molecule has 2 rings (SSSR count). The first-order valence-electron chi connectivity index (χ1n) is 14.2. The fourth-order valence-corrected chi connectivity index (χ4v) is 4.41. The van der Waals surface area contributed by atoms with Crippen molar-refractivity contribution in [3.8, 4) is 0 Å². The maximum absolute atomic E-state index is 13.4. The van der Waals surface area contributed by atoms with Crippen molar-refractivity contribution >= 4 is 35.8 Å². The molecule has 0 aromatic carbocycles. The molecule has 1 aromatic heterocycles. The Bertz CT molecular complexity index is 1130. The third-order valence-corrected chi connectivity index (χ3v) is 6.70. The van der Waals surface area contributed by atoms with Crippen LogP contribution in [0.3, 0.4) is 0 Å². The number of H-pyrrole nitrogens is 1. The van der Waals surface area contributed by atoms with Crippen molar-refractivity contribution in [1.29, 1.82) is 0 Å². The molecule has 0 saturated carbocycles. The molecule has 17 nitrogen and oxygen atoms in total. The molecule has 5 amide bonds. The maximum Gasteiger partial charge on any atom is 0.243 e. The van der Waals surface area contributed by atoms with Gasteiger partial charge in [-0.25, -0.2) is 4.98 Å². The van der Waals surface area contributed by atoms with Crippen LogP contribution < -0.4 is 21.3 Å². The van der Waals surface area contributed by atoms with E-state index < -0.39 is 73.3 Å². The molecule has 17 heteroatoms. The third kappa shape index (κ3) is 11.8. The first kappa shape index (κ1) is 36.0. The number of nitrogens with zero attached hydrogens (tertiary/aromatic N) is 3. The van der Waals surface area contributed by atoms with E-state index >= 15 is 0 Å². The van der Waals surface area contributed by atoms with Crippen molar-refractivity contribution in [2.75, 3.05) is 19.8 Å². The van der Waals surface area contributed by atoms with Gasteiger partial charge in [0, 0.05) is 31.8 Å². The molecular weight excluding hydrogens is 580 g/mol. The van der Waals surface area contributed by atoms with Crippen LogP contribution >= 0.6 is 0 Å². The number of imidazole rings is 1. The van der Waals surface area contributed by atoms with E-state index in [2.05, 4.69) is 43.3 Å². The molecule has 1 aromatic rings. The maximum atomic E-state index is 13.4. The van der Waals surface area contributed by atoms with Gasteiger partial charge in [0.1, 0.15) is 24.2 Å². The van der Waals surface area contributed by atoms with Gasteiger partial charge in [-0.15, -0.1) is 0 Å². The summed E-state index contributed by atoms with van der Waals surface area (Å²) in [6.07, 6.45) is 0.562. The van der Waals surface area contributed by atoms with Gasteiger partial charge in [0.05, 0.1) is 26.0 Å². The highest BCUT2D eigenvalue weighted by Crippen LogP contribution is 2.18. The molecule has 1 aliphatic heterocycles. The van der Waals surface area contributed by atoms with Crippen LogP contribution in [0.2, 0.25) is 0 Å². The Morgan fingerprint density at radius 3 is 2.50 bits per heavy atom. The minimum Gasteiger partial charge on any atom is -0.384 e. The molecule has 0 spiro atoms. The van der Waals surface area contributed by atoms with Gasteiger partial charge in [-0.3, -0.25) is 24.0 Å². The molecule has 0 radical (unpaired) electrons. The van der Waals surface area contributed by atoms with E-state index in [4.69, 9.17) is 9.94 Å². The van der Waals surface area contributed by atoms with Crippen molar-refractivity contribution in [3.63, 3.8) is 0 Å². The molecule has 244 valence electrons. The van der Waals surface area contributed by atoms with Gasteiger partial charge in [-0.05, 0) is 25.2 Å². The summed E-state index contributed by atoms with van der Waals surface area (Å²) >= 11 is 0. The summed E-state index contributed by atoms with van der Waals surface area (Å²) in [5.41, 5.74) is 0.535. The lowest BCUT2D eigenvalue weighted by Crippen LogP contribution is -2.57. The minimum absolute atomic E-state index is 0.0102. The zero-order valence-corrected chi connectivity index (χ0v) is 25.1. The minimum atomic E-state index is -1.58. The number of carbonyl (C=O) groups is 5. The fraction of sp³-hybridized carbons (Fsp3) is 0.630. The number of amides is 5. The molecule has 0 aliphatic carbocycles. The number of aromatic nitrogens is 2.